The van der Waals surface area contributed by atoms with Crippen molar-refractivity contribution in [2.75, 3.05) is 18.8 Å². The summed E-state index contributed by atoms with van der Waals surface area (Å²) in [6.45, 7) is 5.43. The average Bonchev–Trinajstić information content (AvgIpc) is 2.32. The van der Waals surface area contributed by atoms with E-state index in [0.29, 0.717) is 23.8 Å². The first-order valence-corrected chi connectivity index (χ1v) is 8.09. The highest BCUT2D eigenvalue weighted by molar-refractivity contribution is 7.89. The number of nitrogens with zero attached hydrogens (tertiary/aromatic N) is 1. The highest BCUT2D eigenvalue weighted by Gasteiger charge is 2.32. The van der Waals surface area contributed by atoms with E-state index in [9.17, 15) is 8.42 Å². The molecule has 106 valence electrons. The number of nitrogens with two attached hydrogens (primary N) is 1. The van der Waals surface area contributed by atoms with Gasteiger partial charge in [0.15, 0.2) is 0 Å². The third kappa shape index (κ3) is 3.04. The van der Waals surface area contributed by atoms with Crippen LogP contribution in [0.4, 0.5) is 5.69 Å². The van der Waals surface area contributed by atoms with Crippen LogP contribution >= 0.6 is 11.6 Å². The fourth-order valence-corrected chi connectivity index (χ4v) is 3.76. The number of rotatable bonds is 2. The smallest absolute Gasteiger partial charge is 0.243 e. The zero-order valence-corrected chi connectivity index (χ0v) is 12.8. The van der Waals surface area contributed by atoms with Crippen molar-refractivity contribution < 1.29 is 8.42 Å². The molecule has 0 spiro atoms. The second-order valence-corrected chi connectivity index (χ2v) is 8.10. The van der Waals surface area contributed by atoms with E-state index in [1.54, 1.807) is 0 Å². The first kappa shape index (κ1) is 14.6. The number of hydrogen-bond donors (Lipinski definition) is 1. The molecule has 1 fully saturated rings. The monoisotopic (exact) mass is 302 g/mol. The Hall–Kier alpha value is -0.780. The molecule has 4 nitrogen and oxygen atoms in total. The predicted molar refractivity (Wildman–Crippen MR) is 77.6 cm³/mol. The van der Waals surface area contributed by atoms with E-state index in [2.05, 4.69) is 13.8 Å². The summed E-state index contributed by atoms with van der Waals surface area (Å²) >= 11 is 5.82. The molecule has 0 unspecified atom stereocenters. The number of anilines is 1. The predicted octanol–water partition coefficient (Wildman–Crippen LogP) is 2.73. The van der Waals surface area contributed by atoms with E-state index in [-0.39, 0.29) is 10.3 Å². The number of hydrogen-bond acceptors (Lipinski definition) is 3. The number of sulfonamides is 1. The maximum atomic E-state index is 12.5. The molecule has 0 amide bonds. The summed E-state index contributed by atoms with van der Waals surface area (Å²) in [6, 6.07) is 4.46. The topological polar surface area (TPSA) is 63.4 Å². The molecule has 0 saturated carbocycles. The van der Waals surface area contributed by atoms with Crippen molar-refractivity contribution in [1.29, 1.82) is 0 Å². The third-order valence-corrected chi connectivity index (χ3v) is 5.92. The van der Waals surface area contributed by atoms with Crippen molar-refractivity contribution in [3.8, 4) is 0 Å². The van der Waals surface area contributed by atoms with Gasteiger partial charge in [-0.1, -0.05) is 25.4 Å². The number of benzene rings is 1. The number of piperidine rings is 1. The van der Waals surface area contributed by atoms with Crippen LogP contribution in [-0.2, 0) is 10.0 Å². The van der Waals surface area contributed by atoms with Crippen LogP contribution in [0.25, 0.3) is 0 Å². The molecule has 1 aromatic carbocycles. The molecule has 1 saturated heterocycles. The van der Waals surface area contributed by atoms with Crippen molar-refractivity contribution in [2.24, 2.45) is 5.41 Å². The van der Waals surface area contributed by atoms with E-state index in [0.717, 1.165) is 12.8 Å². The van der Waals surface area contributed by atoms with Crippen LogP contribution < -0.4 is 5.73 Å². The van der Waals surface area contributed by atoms with Crippen LogP contribution in [0.15, 0.2) is 23.1 Å². The van der Waals surface area contributed by atoms with Gasteiger partial charge in [0, 0.05) is 13.1 Å². The molecule has 19 heavy (non-hydrogen) atoms. The minimum Gasteiger partial charge on any atom is -0.397 e. The maximum absolute atomic E-state index is 12.5. The van der Waals surface area contributed by atoms with Gasteiger partial charge in [-0.05, 0) is 36.5 Å². The Morgan fingerprint density at radius 2 is 1.84 bits per heavy atom. The number of halogens is 1. The first-order valence-electron chi connectivity index (χ1n) is 6.28. The van der Waals surface area contributed by atoms with Crippen LogP contribution in [0.3, 0.4) is 0 Å². The molecule has 1 aromatic rings. The van der Waals surface area contributed by atoms with Gasteiger partial charge in [0.1, 0.15) is 0 Å². The Labute approximate surface area is 119 Å². The first-order chi connectivity index (χ1) is 8.72. The summed E-state index contributed by atoms with van der Waals surface area (Å²) in [5.41, 5.74) is 6.18. The van der Waals surface area contributed by atoms with E-state index < -0.39 is 10.0 Å². The molecule has 6 heteroatoms. The van der Waals surface area contributed by atoms with Crippen molar-refractivity contribution in [1.82, 2.24) is 4.31 Å². The molecule has 0 bridgehead atoms. The van der Waals surface area contributed by atoms with Crippen LogP contribution in [0.2, 0.25) is 5.02 Å². The standard InChI is InChI=1S/C13H19ClN2O2S/c1-13(2)5-7-16(8-6-13)19(17,18)10-3-4-11(14)12(15)9-10/h3-4,9H,5-8,15H2,1-2H3. The molecule has 2 N–H and O–H groups in total. The molecular formula is C13H19ClN2O2S. The fraction of sp³-hybridized carbons (Fsp3) is 0.538. The van der Waals surface area contributed by atoms with Gasteiger partial charge in [-0.2, -0.15) is 4.31 Å². The van der Waals surface area contributed by atoms with Crippen molar-refractivity contribution in [3.63, 3.8) is 0 Å². The fourth-order valence-electron chi connectivity index (χ4n) is 2.16. The van der Waals surface area contributed by atoms with E-state index in [1.807, 2.05) is 0 Å². The normalized spacial score (nSPS) is 20.4. The molecule has 0 atom stereocenters. The summed E-state index contributed by atoms with van der Waals surface area (Å²) < 4.78 is 26.5. The lowest BCUT2D eigenvalue weighted by Crippen LogP contribution is -2.41. The SMILES string of the molecule is CC1(C)CCN(S(=O)(=O)c2ccc(Cl)c(N)c2)CC1. The zero-order chi connectivity index (χ0) is 14.3. The van der Waals surface area contributed by atoms with Crippen molar-refractivity contribution >= 4 is 27.3 Å². The molecular weight excluding hydrogens is 284 g/mol. The van der Waals surface area contributed by atoms with Gasteiger partial charge in [-0.3, -0.25) is 0 Å². The Balaban J connectivity index is 2.25. The molecule has 2 rings (SSSR count). The van der Waals surface area contributed by atoms with E-state index >= 15 is 0 Å². The van der Waals surface area contributed by atoms with Gasteiger partial charge in [-0.25, -0.2) is 8.42 Å². The van der Waals surface area contributed by atoms with E-state index in [1.165, 1.54) is 22.5 Å². The number of nitrogen functional groups attached to an aromatic ring is 1. The molecule has 1 aliphatic heterocycles. The van der Waals surface area contributed by atoms with Crippen LogP contribution in [0.5, 0.6) is 0 Å². The van der Waals surface area contributed by atoms with Gasteiger partial charge in [0.2, 0.25) is 10.0 Å². The highest BCUT2D eigenvalue weighted by Crippen LogP contribution is 2.33. The van der Waals surface area contributed by atoms with Gasteiger partial charge in [-0.15, -0.1) is 0 Å². The summed E-state index contributed by atoms with van der Waals surface area (Å²) in [5, 5.41) is 0.374. The molecule has 1 heterocycles. The van der Waals surface area contributed by atoms with Crippen molar-refractivity contribution in [2.45, 2.75) is 31.6 Å². The quantitative estimate of drug-likeness (QED) is 0.854. The lowest BCUT2D eigenvalue weighted by molar-refractivity contribution is 0.196. The average molecular weight is 303 g/mol. The zero-order valence-electron chi connectivity index (χ0n) is 11.2. The lowest BCUT2D eigenvalue weighted by atomic mass is 9.83. The minimum absolute atomic E-state index is 0.213. The maximum Gasteiger partial charge on any atom is 0.243 e. The Morgan fingerprint density at radius 3 is 2.37 bits per heavy atom. The summed E-state index contributed by atoms with van der Waals surface area (Å²) in [4.78, 5) is 0.217. The lowest BCUT2D eigenvalue weighted by Gasteiger charge is -2.36. The summed E-state index contributed by atoms with van der Waals surface area (Å²) in [6.07, 6.45) is 1.74. The minimum atomic E-state index is -3.46. The van der Waals surface area contributed by atoms with Gasteiger partial charge >= 0.3 is 0 Å². The van der Waals surface area contributed by atoms with Gasteiger partial charge in [0.25, 0.3) is 0 Å². The van der Waals surface area contributed by atoms with Crippen LogP contribution in [-0.4, -0.2) is 25.8 Å². The van der Waals surface area contributed by atoms with Crippen LogP contribution in [0, 0.1) is 5.41 Å². The molecule has 0 aromatic heterocycles. The Kier molecular flexibility index (Phi) is 3.82. The Bertz CT molecular complexity index is 574. The molecule has 1 aliphatic rings. The second-order valence-electron chi connectivity index (χ2n) is 5.75. The largest absolute Gasteiger partial charge is 0.397 e. The second kappa shape index (κ2) is 4.96. The van der Waals surface area contributed by atoms with Crippen LogP contribution in [0.1, 0.15) is 26.7 Å². The van der Waals surface area contributed by atoms with E-state index in [4.69, 9.17) is 17.3 Å². The van der Waals surface area contributed by atoms with Gasteiger partial charge in [0.05, 0.1) is 15.6 Å². The summed E-state index contributed by atoms with van der Waals surface area (Å²) in [7, 11) is -3.46. The molecule has 0 radical (unpaired) electrons. The molecule has 0 aliphatic carbocycles. The van der Waals surface area contributed by atoms with Gasteiger partial charge < -0.3 is 5.73 Å². The third-order valence-electron chi connectivity index (χ3n) is 3.68. The van der Waals surface area contributed by atoms with Crippen molar-refractivity contribution in [3.05, 3.63) is 23.2 Å². The summed E-state index contributed by atoms with van der Waals surface area (Å²) in [5.74, 6) is 0. The Morgan fingerprint density at radius 1 is 1.26 bits per heavy atom. The highest BCUT2D eigenvalue weighted by atomic mass is 35.5.